The van der Waals surface area contributed by atoms with E-state index in [4.69, 9.17) is 4.98 Å². The van der Waals surface area contributed by atoms with Crippen LogP contribution in [-0.2, 0) is 33.5 Å². The van der Waals surface area contributed by atoms with Gasteiger partial charge in [-0.2, -0.15) is 41.6 Å². The van der Waals surface area contributed by atoms with Crippen molar-refractivity contribution < 1.29 is 30.2 Å². The molecular formula is C49H40N6Pt+2. The third kappa shape index (κ3) is 4.39. The number of aromatic nitrogens is 4. The summed E-state index contributed by atoms with van der Waals surface area (Å²) >= 11 is 0. The van der Waals surface area contributed by atoms with E-state index in [0.29, 0.717) is 0 Å². The fraction of sp³-hybridized carbons (Fsp3) is 0.204. The van der Waals surface area contributed by atoms with Gasteiger partial charge in [0.25, 0.3) is 0 Å². The van der Waals surface area contributed by atoms with E-state index in [-0.39, 0.29) is 32.0 Å². The molecule has 0 radical (unpaired) electrons. The van der Waals surface area contributed by atoms with Crippen LogP contribution in [0.25, 0.3) is 61.5 Å². The van der Waals surface area contributed by atoms with Gasteiger partial charge in [0.15, 0.2) is 0 Å². The fourth-order valence-corrected chi connectivity index (χ4v) is 9.81. The van der Waals surface area contributed by atoms with Gasteiger partial charge in [0.1, 0.15) is 13.2 Å². The second-order valence-corrected chi connectivity index (χ2v) is 16.7. The zero-order chi connectivity index (χ0) is 37.6. The Morgan fingerprint density at radius 1 is 0.696 bits per heavy atom. The largest absolute Gasteiger partial charge is 4.00 e. The third-order valence-corrected chi connectivity index (χ3v) is 12.9. The van der Waals surface area contributed by atoms with E-state index in [1.807, 2.05) is 24.4 Å². The first kappa shape index (κ1) is 34.9. The molecule has 0 spiro atoms. The fourth-order valence-electron chi connectivity index (χ4n) is 9.81. The van der Waals surface area contributed by atoms with Crippen molar-refractivity contribution in [2.45, 2.75) is 58.2 Å². The van der Waals surface area contributed by atoms with Crippen LogP contribution in [0.15, 0.2) is 116 Å². The van der Waals surface area contributed by atoms with Gasteiger partial charge in [-0.05, 0) is 59.7 Å². The minimum absolute atomic E-state index is 0. The second-order valence-electron chi connectivity index (χ2n) is 16.7. The van der Waals surface area contributed by atoms with E-state index >= 15 is 0 Å². The zero-order valence-corrected chi connectivity index (χ0v) is 34.7. The number of pyridine rings is 1. The Hall–Kier alpha value is -5.58. The molecule has 6 nitrogen and oxygen atoms in total. The maximum Gasteiger partial charge on any atom is 4.00 e. The monoisotopic (exact) mass is 907 g/mol. The first-order valence-corrected chi connectivity index (χ1v) is 19.1. The summed E-state index contributed by atoms with van der Waals surface area (Å²) in [4.78, 5) is 7.80. The molecule has 8 aromatic rings. The topological polar surface area (TPSA) is 32.4 Å². The van der Waals surface area contributed by atoms with Crippen molar-refractivity contribution in [3.05, 3.63) is 156 Å². The molecule has 11 rings (SSSR count). The minimum atomic E-state index is -0.550. The summed E-state index contributed by atoms with van der Waals surface area (Å²) in [5.41, 5.74) is 15.0. The molecule has 0 N–H and O–H groups in total. The molecule has 3 aromatic heterocycles. The number of para-hydroxylation sites is 4. The molecule has 5 aromatic carbocycles. The molecular weight excluding hydrogens is 868 g/mol. The molecule has 0 aliphatic carbocycles. The van der Waals surface area contributed by atoms with Crippen LogP contribution in [0.4, 0.5) is 5.69 Å². The Morgan fingerprint density at radius 2 is 1.39 bits per heavy atom. The normalized spacial score (nSPS) is 17.1. The molecule has 274 valence electrons. The Balaban J connectivity index is 0.00000384. The minimum Gasteiger partial charge on any atom is -0.385 e. The van der Waals surface area contributed by atoms with E-state index < -0.39 is 5.66 Å². The van der Waals surface area contributed by atoms with E-state index in [1.165, 1.54) is 16.7 Å². The maximum absolute atomic E-state index is 5.20. The average Bonchev–Trinajstić information content (AvgIpc) is 3.70. The number of allylic oxidation sites excluding steroid dienone is 1. The van der Waals surface area contributed by atoms with Crippen LogP contribution >= 0.6 is 0 Å². The second kappa shape index (κ2) is 11.7. The van der Waals surface area contributed by atoms with Gasteiger partial charge in [0.05, 0.1) is 22.8 Å². The van der Waals surface area contributed by atoms with E-state index in [9.17, 15) is 0 Å². The summed E-state index contributed by atoms with van der Waals surface area (Å²) in [7, 11) is 2.09. The summed E-state index contributed by atoms with van der Waals surface area (Å²) in [6.07, 6.45) is 8.44. The van der Waals surface area contributed by atoms with Gasteiger partial charge in [0.2, 0.25) is 17.1 Å². The summed E-state index contributed by atoms with van der Waals surface area (Å²) in [5, 5.41) is 0. The molecule has 0 saturated heterocycles. The van der Waals surface area contributed by atoms with Crippen LogP contribution in [0.5, 0.6) is 0 Å². The smallest absolute Gasteiger partial charge is 0.385 e. The Labute approximate surface area is 342 Å². The first-order chi connectivity index (χ1) is 26.5. The average molecular weight is 908 g/mol. The predicted octanol–water partition coefficient (Wildman–Crippen LogP) is 9.40. The number of benzene rings is 5. The molecule has 0 unspecified atom stereocenters. The Bertz CT molecular complexity index is 3040. The van der Waals surface area contributed by atoms with Crippen molar-refractivity contribution >= 4 is 44.9 Å². The number of hydrogen-bond acceptors (Lipinski definition) is 2. The Morgan fingerprint density at radius 3 is 2.20 bits per heavy atom. The molecule has 3 aliphatic heterocycles. The SMILES string of the molecule is C[n+]1c[c-]c2c(c1)C(C)(C)C(C)(C)N1C2=[C-]C2=[N+](c3ccccc3-c3ccccc3-c3ccc(-n4c5[c-]cccc5n5c6ccccc6nc45)[c-]c32)C1(C)C.[Pt+4]. The predicted molar refractivity (Wildman–Crippen MR) is 218 cm³/mol. The van der Waals surface area contributed by atoms with Gasteiger partial charge in [0, 0.05) is 31.2 Å². The summed E-state index contributed by atoms with van der Waals surface area (Å²) in [6, 6.07) is 47.9. The van der Waals surface area contributed by atoms with Gasteiger partial charge in [-0.3, -0.25) is 5.56 Å². The molecule has 0 fully saturated rings. The number of imidazole rings is 2. The van der Waals surface area contributed by atoms with Gasteiger partial charge in [-0.15, -0.1) is 29.3 Å². The van der Waals surface area contributed by atoms with Gasteiger partial charge in [-0.25, -0.2) is 20.2 Å². The quantitative estimate of drug-likeness (QED) is 0.122. The van der Waals surface area contributed by atoms with Crippen molar-refractivity contribution in [2.75, 3.05) is 0 Å². The van der Waals surface area contributed by atoms with Crippen LogP contribution in [0.3, 0.4) is 0 Å². The van der Waals surface area contributed by atoms with Crippen LogP contribution in [0.1, 0.15) is 58.2 Å². The molecule has 0 saturated carbocycles. The van der Waals surface area contributed by atoms with Crippen LogP contribution in [0, 0.1) is 24.3 Å². The van der Waals surface area contributed by atoms with Crippen molar-refractivity contribution in [3.63, 3.8) is 0 Å². The third-order valence-electron chi connectivity index (χ3n) is 12.9. The van der Waals surface area contributed by atoms with Crippen molar-refractivity contribution in [2.24, 2.45) is 7.05 Å². The molecule has 7 heteroatoms. The maximum atomic E-state index is 5.20. The summed E-state index contributed by atoms with van der Waals surface area (Å²) < 4.78 is 9.09. The van der Waals surface area contributed by atoms with Gasteiger partial charge in [-0.1, -0.05) is 67.9 Å². The van der Waals surface area contributed by atoms with Crippen LogP contribution in [0.2, 0.25) is 0 Å². The van der Waals surface area contributed by atoms with E-state index in [0.717, 1.165) is 72.9 Å². The zero-order valence-electron chi connectivity index (χ0n) is 32.5. The molecule has 56 heavy (non-hydrogen) atoms. The number of hydrogen-bond donors (Lipinski definition) is 0. The molecule has 3 aliphatic rings. The van der Waals surface area contributed by atoms with Crippen LogP contribution in [-0.4, -0.2) is 40.3 Å². The van der Waals surface area contributed by atoms with Crippen molar-refractivity contribution in [3.8, 4) is 27.9 Å². The number of nitrogens with zero attached hydrogens (tertiary/aromatic N) is 6. The van der Waals surface area contributed by atoms with E-state index in [2.05, 4.69) is 187 Å². The van der Waals surface area contributed by atoms with Crippen molar-refractivity contribution in [1.82, 2.24) is 18.9 Å². The standard InChI is InChI=1S/C49H40N6.Pt/c1-47(2)38-30-51(7)27-26-36(38)45-29-44-37-28-31(52-42-22-14-15-23-43(42)53-41-21-13-11-19-39(41)50-46(52)53)24-25-34(37)32-16-8-9-17-33(32)35-18-10-12-20-40(35)54(44)49(5,6)55(45)48(47,3)4;/h8-21,23-25,27,30H,1-7H3;/q-2;+4. The molecule has 0 amide bonds. The molecule has 0 atom stereocenters. The number of rotatable bonds is 1. The molecule has 0 bridgehead atoms. The van der Waals surface area contributed by atoms with Gasteiger partial charge >= 0.3 is 21.1 Å². The van der Waals surface area contributed by atoms with Gasteiger partial charge < -0.3 is 13.9 Å². The summed E-state index contributed by atoms with van der Waals surface area (Å²) in [6.45, 7) is 14.2. The van der Waals surface area contributed by atoms with Crippen molar-refractivity contribution in [1.29, 1.82) is 0 Å². The van der Waals surface area contributed by atoms with E-state index in [1.54, 1.807) is 0 Å². The Kier molecular flexibility index (Phi) is 7.30. The first-order valence-electron chi connectivity index (χ1n) is 19.1. The summed E-state index contributed by atoms with van der Waals surface area (Å²) in [5.74, 6) is 0.832. The molecule has 6 heterocycles. The van der Waals surface area contributed by atoms with Crippen LogP contribution < -0.4 is 4.57 Å². The number of aryl methyl sites for hydroxylation is 1. The number of fused-ring (bicyclic) bond motifs is 15.